The van der Waals surface area contributed by atoms with Crippen LogP contribution in [0.25, 0.3) is 0 Å². The molecule has 2 nitrogen and oxygen atoms in total. The number of nitrogens with zero attached hydrogens (tertiary/aromatic N) is 2. The minimum absolute atomic E-state index is 1.23. The van der Waals surface area contributed by atoms with Gasteiger partial charge in [0.25, 0.3) is 0 Å². The van der Waals surface area contributed by atoms with Crippen LogP contribution in [0.1, 0.15) is 117 Å². The van der Waals surface area contributed by atoms with Crippen LogP contribution in [0.3, 0.4) is 0 Å². The van der Waals surface area contributed by atoms with Crippen molar-refractivity contribution >= 4 is 0 Å². The summed E-state index contributed by atoms with van der Waals surface area (Å²) >= 11 is 0. The molecule has 0 unspecified atom stereocenters. The number of rotatable bonds is 21. The van der Waals surface area contributed by atoms with Gasteiger partial charge in [0, 0.05) is 13.1 Å². The smallest absolute Gasteiger partial charge is 0.0106 e. The van der Waals surface area contributed by atoms with Crippen LogP contribution in [0.15, 0.2) is 0 Å². The Morgan fingerprint density at radius 1 is 0.346 bits per heavy atom. The van der Waals surface area contributed by atoms with Gasteiger partial charge in [0.1, 0.15) is 0 Å². The van der Waals surface area contributed by atoms with Crippen molar-refractivity contribution in [2.24, 2.45) is 0 Å². The average molecular weight is 369 g/mol. The van der Waals surface area contributed by atoms with Crippen LogP contribution in [0.5, 0.6) is 0 Å². The maximum Gasteiger partial charge on any atom is 0.0106 e. The standard InChI is InChI=1S/C24H52N2/c1-5-7-9-11-13-15-17-19-21-25(3)23-24-26(4)22-20-18-16-14-12-10-8-6-2/h5-24H2,1-4H3. The summed E-state index contributed by atoms with van der Waals surface area (Å²) in [5, 5.41) is 0. The lowest BCUT2D eigenvalue weighted by molar-refractivity contribution is 0.249. The van der Waals surface area contributed by atoms with Crippen molar-refractivity contribution in [2.45, 2.75) is 117 Å². The normalized spacial score (nSPS) is 11.8. The third kappa shape index (κ3) is 20.2. The fraction of sp³-hybridized carbons (Fsp3) is 1.00. The molecule has 0 atom stereocenters. The summed E-state index contributed by atoms with van der Waals surface area (Å²) in [5.74, 6) is 0. The van der Waals surface area contributed by atoms with E-state index in [1.54, 1.807) is 0 Å². The molecule has 0 saturated heterocycles. The average Bonchev–Trinajstić information content (AvgIpc) is 2.64. The minimum atomic E-state index is 1.23. The molecular weight excluding hydrogens is 316 g/mol. The van der Waals surface area contributed by atoms with E-state index in [0.29, 0.717) is 0 Å². The van der Waals surface area contributed by atoms with Crippen LogP contribution in [0, 0.1) is 0 Å². The van der Waals surface area contributed by atoms with Gasteiger partial charge in [-0.1, -0.05) is 104 Å². The van der Waals surface area contributed by atoms with E-state index in [0.717, 1.165) is 0 Å². The van der Waals surface area contributed by atoms with E-state index in [1.807, 2.05) is 0 Å². The van der Waals surface area contributed by atoms with Gasteiger partial charge in [-0.3, -0.25) is 0 Å². The first-order valence-electron chi connectivity index (χ1n) is 12.1. The molecule has 158 valence electrons. The Morgan fingerprint density at radius 3 is 0.923 bits per heavy atom. The van der Waals surface area contributed by atoms with Gasteiger partial charge in [0.2, 0.25) is 0 Å². The third-order valence-corrected chi connectivity index (χ3v) is 5.65. The summed E-state index contributed by atoms with van der Waals surface area (Å²) in [5.41, 5.74) is 0. The second-order valence-electron chi connectivity index (χ2n) is 8.56. The highest BCUT2D eigenvalue weighted by Crippen LogP contribution is 2.09. The van der Waals surface area contributed by atoms with E-state index < -0.39 is 0 Å². The highest BCUT2D eigenvalue weighted by molar-refractivity contribution is 4.58. The maximum absolute atomic E-state index is 2.53. The van der Waals surface area contributed by atoms with Crippen molar-refractivity contribution < 1.29 is 0 Å². The van der Waals surface area contributed by atoms with Gasteiger partial charge in [-0.2, -0.15) is 0 Å². The molecule has 0 radical (unpaired) electrons. The zero-order chi connectivity index (χ0) is 19.3. The monoisotopic (exact) mass is 368 g/mol. The van der Waals surface area contributed by atoms with E-state index in [1.165, 1.54) is 129 Å². The molecule has 0 rings (SSSR count). The number of hydrogen-bond donors (Lipinski definition) is 0. The SMILES string of the molecule is CCCCCCCCCCN(C)CCN(C)CCCCCCCCCC. The topological polar surface area (TPSA) is 6.48 Å². The van der Waals surface area contributed by atoms with Crippen LogP contribution in [-0.2, 0) is 0 Å². The molecule has 0 aliphatic carbocycles. The Morgan fingerprint density at radius 2 is 0.615 bits per heavy atom. The number of unbranched alkanes of at least 4 members (excludes halogenated alkanes) is 14. The molecule has 2 heteroatoms. The molecule has 0 aliphatic heterocycles. The summed E-state index contributed by atoms with van der Waals surface area (Å²) in [6.45, 7) is 9.60. The summed E-state index contributed by atoms with van der Waals surface area (Å²) < 4.78 is 0. The van der Waals surface area contributed by atoms with Gasteiger partial charge in [-0.05, 0) is 40.0 Å². The second-order valence-corrected chi connectivity index (χ2v) is 8.56. The van der Waals surface area contributed by atoms with Gasteiger partial charge >= 0.3 is 0 Å². The van der Waals surface area contributed by atoms with Crippen molar-refractivity contribution in [2.75, 3.05) is 40.3 Å². The molecule has 0 aliphatic rings. The predicted octanol–water partition coefficient (Wildman–Crippen LogP) is 7.13. The molecule has 0 spiro atoms. The quantitative estimate of drug-likeness (QED) is 0.199. The Bertz CT molecular complexity index is 229. The highest BCUT2D eigenvalue weighted by Gasteiger charge is 2.02. The summed E-state index contributed by atoms with van der Waals surface area (Å²) in [7, 11) is 4.59. The minimum Gasteiger partial charge on any atom is -0.305 e. The van der Waals surface area contributed by atoms with Gasteiger partial charge in [-0.25, -0.2) is 0 Å². The summed E-state index contributed by atoms with van der Waals surface area (Å²) in [6, 6.07) is 0. The summed E-state index contributed by atoms with van der Waals surface area (Å²) in [4.78, 5) is 5.06. The molecule has 0 N–H and O–H groups in total. The fourth-order valence-electron chi connectivity index (χ4n) is 3.60. The van der Waals surface area contributed by atoms with Gasteiger partial charge in [0.15, 0.2) is 0 Å². The van der Waals surface area contributed by atoms with Crippen LogP contribution >= 0.6 is 0 Å². The fourth-order valence-corrected chi connectivity index (χ4v) is 3.60. The third-order valence-electron chi connectivity index (χ3n) is 5.65. The van der Waals surface area contributed by atoms with Crippen LogP contribution in [0.2, 0.25) is 0 Å². The molecule has 0 aromatic rings. The maximum atomic E-state index is 2.53. The lowest BCUT2D eigenvalue weighted by Crippen LogP contribution is -2.32. The molecule has 0 heterocycles. The second kappa shape index (κ2) is 21.2. The van der Waals surface area contributed by atoms with Crippen molar-refractivity contribution in [3.05, 3.63) is 0 Å². The van der Waals surface area contributed by atoms with Crippen molar-refractivity contribution in [1.82, 2.24) is 9.80 Å². The molecular formula is C24H52N2. The molecule has 0 amide bonds. The number of likely N-dealkylation sites (N-methyl/N-ethyl adjacent to an activating group) is 2. The number of hydrogen-bond acceptors (Lipinski definition) is 2. The van der Waals surface area contributed by atoms with Gasteiger partial charge < -0.3 is 9.80 Å². The van der Waals surface area contributed by atoms with Crippen molar-refractivity contribution in [3.8, 4) is 0 Å². The van der Waals surface area contributed by atoms with Crippen molar-refractivity contribution in [1.29, 1.82) is 0 Å². The Labute approximate surface area is 167 Å². The lowest BCUT2D eigenvalue weighted by atomic mass is 10.1. The lowest BCUT2D eigenvalue weighted by Gasteiger charge is -2.22. The molecule has 0 aromatic heterocycles. The first-order valence-corrected chi connectivity index (χ1v) is 12.1. The Hall–Kier alpha value is -0.0800. The zero-order valence-corrected chi connectivity index (χ0v) is 19.0. The van der Waals surface area contributed by atoms with E-state index in [-0.39, 0.29) is 0 Å². The summed E-state index contributed by atoms with van der Waals surface area (Å²) in [6.07, 6.45) is 22.7. The van der Waals surface area contributed by atoms with E-state index in [4.69, 9.17) is 0 Å². The highest BCUT2D eigenvalue weighted by atomic mass is 15.2. The molecule has 26 heavy (non-hydrogen) atoms. The first kappa shape index (κ1) is 25.9. The van der Waals surface area contributed by atoms with Crippen LogP contribution in [-0.4, -0.2) is 50.1 Å². The molecule has 0 saturated carbocycles. The van der Waals surface area contributed by atoms with Crippen LogP contribution < -0.4 is 0 Å². The van der Waals surface area contributed by atoms with Gasteiger partial charge in [-0.15, -0.1) is 0 Å². The Balaban J connectivity index is 3.30. The molecule has 0 aromatic carbocycles. The van der Waals surface area contributed by atoms with E-state index in [9.17, 15) is 0 Å². The zero-order valence-electron chi connectivity index (χ0n) is 19.0. The van der Waals surface area contributed by atoms with E-state index in [2.05, 4.69) is 37.7 Å². The first-order chi connectivity index (χ1) is 12.7. The molecule has 0 bridgehead atoms. The Kier molecular flexibility index (Phi) is 21.2. The van der Waals surface area contributed by atoms with E-state index >= 15 is 0 Å². The van der Waals surface area contributed by atoms with Crippen LogP contribution in [0.4, 0.5) is 0 Å². The van der Waals surface area contributed by atoms with Gasteiger partial charge in [0.05, 0.1) is 0 Å². The largest absolute Gasteiger partial charge is 0.305 e. The molecule has 0 fully saturated rings. The predicted molar refractivity (Wildman–Crippen MR) is 120 cm³/mol. The van der Waals surface area contributed by atoms with Crippen molar-refractivity contribution in [3.63, 3.8) is 0 Å².